The number of aromatic nitrogens is 4. The number of ether oxygens (including phenoxy) is 1. The molecule has 2 aromatic heterocycles. The zero-order valence-corrected chi connectivity index (χ0v) is 15.7. The summed E-state index contributed by atoms with van der Waals surface area (Å²) in [5.74, 6) is -1.72. The lowest BCUT2D eigenvalue weighted by Crippen LogP contribution is -2.42. The van der Waals surface area contributed by atoms with Gasteiger partial charge in [-0.25, -0.2) is 23.7 Å². The smallest absolute Gasteiger partial charge is 0.254 e. The first-order valence-corrected chi connectivity index (χ1v) is 9.96. The van der Waals surface area contributed by atoms with Gasteiger partial charge in [0.25, 0.3) is 5.92 Å². The van der Waals surface area contributed by atoms with Gasteiger partial charge in [0.2, 0.25) is 11.9 Å². The molecule has 5 heterocycles. The van der Waals surface area contributed by atoms with Crippen molar-refractivity contribution in [3.63, 3.8) is 0 Å². The maximum atomic E-state index is 14.0. The highest BCUT2D eigenvalue weighted by Gasteiger charge is 2.56. The highest BCUT2D eigenvalue weighted by molar-refractivity contribution is 5.65. The number of nitrogen functional groups attached to an aromatic ring is 1. The number of piperidine rings is 1. The number of nitrogens with zero attached hydrogens (tertiary/aromatic N) is 6. The molecule has 29 heavy (non-hydrogen) atoms. The number of morpholine rings is 1. The third-order valence-electron chi connectivity index (χ3n) is 6.64. The molecule has 10 heteroatoms. The lowest BCUT2D eigenvalue weighted by atomic mass is 10.1. The van der Waals surface area contributed by atoms with E-state index in [1.165, 1.54) is 0 Å². The third-order valence-corrected chi connectivity index (χ3v) is 6.64. The first-order chi connectivity index (χ1) is 14.0. The highest BCUT2D eigenvalue weighted by atomic mass is 19.3. The van der Waals surface area contributed by atoms with Crippen molar-refractivity contribution in [2.75, 3.05) is 35.2 Å². The van der Waals surface area contributed by atoms with Crippen LogP contribution in [-0.4, -0.2) is 63.7 Å². The number of rotatable bonds is 3. The summed E-state index contributed by atoms with van der Waals surface area (Å²) < 4.78 is 33.8. The van der Waals surface area contributed by atoms with Crippen LogP contribution in [0.15, 0.2) is 18.5 Å². The fourth-order valence-electron chi connectivity index (χ4n) is 5.14. The van der Waals surface area contributed by atoms with Crippen LogP contribution in [0, 0.1) is 5.92 Å². The van der Waals surface area contributed by atoms with Crippen LogP contribution in [0.25, 0.3) is 11.3 Å². The lowest BCUT2D eigenvalue weighted by molar-refractivity contribution is -0.0411. The Kier molecular flexibility index (Phi) is 3.54. The Labute approximate surface area is 166 Å². The van der Waals surface area contributed by atoms with Gasteiger partial charge in [-0.05, 0) is 12.8 Å². The van der Waals surface area contributed by atoms with Gasteiger partial charge in [0.1, 0.15) is 5.82 Å². The van der Waals surface area contributed by atoms with Crippen LogP contribution in [0.5, 0.6) is 0 Å². The van der Waals surface area contributed by atoms with Crippen LogP contribution in [-0.2, 0) is 4.74 Å². The molecule has 0 amide bonds. The fraction of sp³-hybridized carbons (Fsp3) is 0.579. The number of anilines is 3. The average molecular weight is 401 g/mol. The molecule has 0 aromatic carbocycles. The number of alkyl halides is 2. The molecule has 4 bridgehead atoms. The van der Waals surface area contributed by atoms with Crippen molar-refractivity contribution in [1.29, 1.82) is 0 Å². The van der Waals surface area contributed by atoms with Crippen LogP contribution in [0.4, 0.5) is 26.5 Å². The molecule has 4 fully saturated rings. The predicted octanol–water partition coefficient (Wildman–Crippen LogP) is 1.73. The minimum absolute atomic E-state index is 0.131. The summed E-state index contributed by atoms with van der Waals surface area (Å²) in [7, 11) is 0. The largest absolute Gasteiger partial charge is 0.374 e. The van der Waals surface area contributed by atoms with Crippen LogP contribution in [0.3, 0.4) is 0 Å². The van der Waals surface area contributed by atoms with Crippen LogP contribution < -0.4 is 15.5 Å². The molecule has 4 atom stereocenters. The number of hydrogen-bond acceptors (Lipinski definition) is 8. The number of hydrogen-bond donors (Lipinski definition) is 1. The lowest BCUT2D eigenvalue weighted by Gasteiger charge is -2.33. The molecule has 4 aliphatic rings. The Morgan fingerprint density at radius 1 is 1.07 bits per heavy atom. The summed E-state index contributed by atoms with van der Waals surface area (Å²) >= 11 is 0. The maximum absolute atomic E-state index is 14.0. The van der Waals surface area contributed by atoms with E-state index in [0.29, 0.717) is 24.7 Å². The Balaban J connectivity index is 1.40. The van der Waals surface area contributed by atoms with E-state index >= 15 is 0 Å². The normalized spacial score (nSPS) is 31.8. The standard InChI is InChI=1S/C19H21F2N7O/c20-19(21)4-12-1-11(19)7-28(12)18-25-15(10-5-23-17(22)24-6-10)3-16(26-18)27-8-14-2-13(27)9-29-14/h3,5-6,11-14H,1-2,4,7-9H2,(H2,22,23,24)/t11-,12-,13-,14-/m0/s1. The molecule has 0 spiro atoms. The minimum Gasteiger partial charge on any atom is -0.374 e. The number of nitrogens with two attached hydrogens (primary N) is 1. The number of fused-ring (bicyclic) bond motifs is 4. The zero-order valence-electron chi connectivity index (χ0n) is 15.7. The molecule has 0 radical (unpaired) electrons. The van der Waals surface area contributed by atoms with Crippen molar-refractivity contribution in [2.24, 2.45) is 5.92 Å². The highest BCUT2D eigenvalue weighted by Crippen LogP contribution is 2.49. The zero-order chi connectivity index (χ0) is 19.8. The summed E-state index contributed by atoms with van der Waals surface area (Å²) in [6.07, 6.45) is 4.82. The first-order valence-electron chi connectivity index (χ1n) is 9.96. The van der Waals surface area contributed by atoms with Gasteiger partial charge in [-0.15, -0.1) is 0 Å². The fourth-order valence-corrected chi connectivity index (χ4v) is 5.14. The van der Waals surface area contributed by atoms with E-state index < -0.39 is 11.8 Å². The van der Waals surface area contributed by atoms with Crippen molar-refractivity contribution in [3.8, 4) is 11.3 Å². The van der Waals surface area contributed by atoms with Crippen molar-refractivity contribution in [1.82, 2.24) is 19.9 Å². The van der Waals surface area contributed by atoms with E-state index in [1.807, 2.05) is 11.0 Å². The van der Waals surface area contributed by atoms with Gasteiger partial charge in [0.15, 0.2) is 0 Å². The van der Waals surface area contributed by atoms with Gasteiger partial charge in [0, 0.05) is 55.5 Å². The maximum Gasteiger partial charge on any atom is 0.254 e. The molecule has 3 saturated heterocycles. The molecular formula is C19H21F2N7O. The summed E-state index contributed by atoms with van der Waals surface area (Å²) in [5, 5.41) is 0. The summed E-state index contributed by atoms with van der Waals surface area (Å²) in [6.45, 7) is 1.75. The SMILES string of the molecule is Nc1ncc(-c2cc(N3C[C@@H]4C[C@H]3CO4)nc(N3C[C@@H]4C[C@H]3CC4(F)F)n2)cn1. The molecule has 3 aliphatic heterocycles. The Morgan fingerprint density at radius 3 is 2.52 bits per heavy atom. The second-order valence-corrected chi connectivity index (χ2v) is 8.44. The van der Waals surface area contributed by atoms with Gasteiger partial charge >= 0.3 is 0 Å². The van der Waals surface area contributed by atoms with Crippen molar-refractivity contribution < 1.29 is 13.5 Å². The van der Waals surface area contributed by atoms with Crippen molar-refractivity contribution >= 4 is 17.7 Å². The molecule has 152 valence electrons. The quantitative estimate of drug-likeness (QED) is 0.831. The van der Waals surface area contributed by atoms with E-state index in [1.54, 1.807) is 12.4 Å². The van der Waals surface area contributed by atoms with E-state index in [0.717, 1.165) is 24.3 Å². The van der Waals surface area contributed by atoms with Crippen LogP contribution >= 0.6 is 0 Å². The third kappa shape index (κ3) is 2.72. The van der Waals surface area contributed by atoms with E-state index in [4.69, 9.17) is 20.4 Å². The minimum atomic E-state index is -2.59. The van der Waals surface area contributed by atoms with E-state index in [-0.39, 0.29) is 37.1 Å². The molecule has 1 saturated carbocycles. The van der Waals surface area contributed by atoms with Gasteiger partial charge < -0.3 is 20.3 Å². The summed E-state index contributed by atoms with van der Waals surface area (Å²) in [5.41, 5.74) is 7.01. The van der Waals surface area contributed by atoms with Gasteiger partial charge in [0.05, 0.1) is 24.4 Å². The summed E-state index contributed by atoms with van der Waals surface area (Å²) in [6, 6.07) is 1.99. The molecule has 6 rings (SSSR count). The second kappa shape index (κ2) is 5.94. The molecule has 0 unspecified atom stereocenters. The molecule has 1 aliphatic carbocycles. The van der Waals surface area contributed by atoms with Crippen molar-refractivity contribution in [3.05, 3.63) is 18.5 Å². The van der Waals surface area contributed by atoms with Gasteiger partial charge in [-0.1, -0.05) is 0 Å². The first kappa shape index (κ1) is 17.3. The predicted molar refractivity (Wildman–Crippen MR) is 102 cm³/mol. The Morgan fingerprint density at radius 2 is 1.90 bits per heavy atom. The molecule has 8 nitrogen and oxygen atoms in total. The monoisotopic (exact) mass is 401 g/mol. The van der Waals surface area contributed by atoms with E-state index in [2.05, 4.69) is 14.9 Å². The van der Waals surface area contributed by atoms with Crippen LogP contribution in [0.1, 0.15) is 19.3 Å². The summed E-state index contributed by atoms with van der Waals surface area (Å²) in [4.78, 5) is 21.8. The Bertz CT molecular complexity index is 956. The second-order valence-electron chi connectivity index (χ2n) is 8.44. The average Bonchev–Trinajstić information content (AvgIpc) is 3.47. The molecule has 2 aromatic rings. The molecular weight excluding hydrogens is 380 g/mol. The topological polar surface area (TPSA) is 93.3 Å². The van der Waals surface area contributed by atoms with Crippen molar-refractivity contribution in [2.45, 2.75) is 43.4 Å². The number of halogens is 2. The van der Waals surface area contributed by atoms with Gasteiger partial charge in [-0.3, -0.25) is 0 Å². The molecule has 2 N–H and O–H groups in total. The Hall–Kier alpha value is -2.62. The van der Waals surface area contributed by atoms with Crippen LogP contribution in [0.2, 0.25) is 0 Å². The van der Waals surface area contributed by atoms with E-state index in [9.17, 15) is 8.78 Å². The van der Waals surface area contributed by atoms with Gasteiger partial charge in [-0.2, -0.15) is 4.98 Å².